The average molecular weight is 320 g/mol. The predicted octanol–water partition coefficient (Wildman–Crippen LogP) is 2.42. The lowest BCUT2D eigenvalue weighted by atomic mass is 9.95. The Morgan fingerprint density at radius 2 is 2.18 bits per heavy atom. The number of halogens is 1. The van der Waals surface area contributed by atoms with Gasteiger partial charge in [-0.25, -0.2) is 9.59 Å². The number of benzene rings is 1. The van der Waals surface area contributed by atoms with E-state index in [1.54, 1.807) is 31.2 Å². The first kappa shape index (κ1) is 15.9. The number of hydrogen-bond acceptors (Lipinski definition) is 4. The lowest BCUT2D eigenvalue weighted by Crippen LogP contribution is -2.45. The quantitative estimate of drug-likeness (QED) is 0.658. The minimum atomic E-state index is -0.697. The smallest absolute Gasteiger partial charge is 0.338 e. The van der Waals surface area contributed by atoms with Gasteiger partial charge in [0.05, 0.1) is 24.1 Å². The van der Waals surface area contributed by atoms with Crippen LogP contribution in [0.1, 0.15) is 24.9 Å². The Labute approximate surface area is 132 Å². The van der Waals surface area contributed by atoms with E-state index < -0.39 is 18.0 Å². The molecule has 2 rings (SSSR count). The molecule has 0 radical (unpaired) electrons. The van der Waals surface area contributed by atoms with Crippen molar-refractivity contribution in [3.63, 3.8) is 0 Å². The molecule has 2 amide bonds. The van der Waals surface area contributed by atoms with Crippen molar-refractivity contribution in [2.24, 2.45) is 0 Å². The van der Waals surface area contributed by atoms with Crippen LogP contribution in [0.15, 0.2) is 35.5 Å². The number of rotatable bonds is 4. The number of nitriles is 1. The molecule has 114 valence electrons. The summed E-state index contributed by atoms with van der Waals surface area (Å²) >= 11 is 6.16. The van der Waals surface area contributed by atoms with Crippen molar-refractivity contribution >= 4 is 23.6 Å². The zero-order valence-corrected chi connectivity index (χ0v) is 12.6. The normalized spacial score (nSPS) is 17.3. The number of esters is 1. The lowest BCUT2D eigenvalue weighted by Gasteiger charge is -2.28. The van der Waals surface area contributed by atoms with Crippen molar-refractivity contribution in [2.75, 3.05) is 6.61 Å². The molecule has 0 bridgehead atoms. The van der Waals surface area contributed by atoms with Crippen molar-refractivity contribution in [3.8, 4) is 6.07 Å². The first-order valence-corrected chi connectivity index (χ1v) is 6.99. The van der Waals surface area contributed by atoms with Crippen LogP contribution >= 0.6 is 11.6 Å². The number of urea groups is 1. The predicted molar refractivity (Wildman–Crippen MR) is 79.7 cm³/mol. The molecule has 0 unspecified atom stereocenters. The highest BCUT2D eigenvalue weighted by Gasteiger charge is 2.33. The first-order chi connectivity index (χ1) is 10.5. The van der Waals surface area contributed by atoms with E-state index in [-0.39, 0.29) is 18.6 Å². The molecule has 1 heterocycles. The van der Waals surface area contributed by atoms with Gasteiger partial charge in [-0.1, -0.05) is 29.8 Å². The molecule has 22 heavy (non-hydrogen) atoms. The fraction of sp³-hybridized carbons (Fsp3) is 0.267. The summed E-state index contributed by atoms with van der Waals surface area (Å²) in [5, 5.41) is 14.1. The Kier molecular flexibility index (Phi) is 5.02. The van der Waals surface area contributed by atoms with Crippen molar-refractivity contribution in [1.82, 2.24) is 10.6 Å². The maximum Gasteiger partial charge on any atom is 0.338 e. The van der Waals surface area contributed by atoms with Gasteiger partial charge in [0.15, 0.2) is 0 Å². The summed E-state index contributed by atoms with van der Waals surface area (Å²) in [6.07, 6.45) is 0.106. The average Bonchev–Trinajstić information content (AvgIpc) is 2.47. The highest BCUT2D eigenvalue weighted by molar-refractivity contribution is 6.31. The van der Waals surface area contributed by atoms with Gasteiger partial charge in [0, 0.05) is 10.7 Å². The number of carbonyl (C=O) groups excluding carboxylic acids is 2. The molecule has 1 aliphatic heterocycles. The van der Waals surface area contributed by atoms with Gasteiger partial charge in [-0.15, -0.1) is 0 Å². The monoisotopic (exact) mass is 319 g/mol. The summed E-state index contributed by atoms with van der Waals surface area (Å²) in [7, 11) is 0. The molecule has 1 aliphatic rings. The van der Waals surface area contributed by atoms with E-state index in [2.05, 4.69) is 10.6 Å². The van der Waals surface area contributed by atoms with Crippen LogP contribution in [0.2, 0.25) is 5.02 Å². The lowest BCUT2D eigenvalue weighted by molar-refractivity contribution is -0.139. The molecule has 2 N–H and O–H groups in total. The largest absolute Gasteiger partial charge is 0.461 e. The molecule has 0 aromatic heterocycles. The number of ether oxygens (including phenoxy) is 1. The summed E-state index contributed by atoms with van der Waals surface area (Å²) < 4.78 is 5.07. The van der Waals surface area contributed by atoms with E-state index >= 15 is 0 Å². The number of carbonyl (C=O) groups is 2. The summed E-state index contributed by atoms with van der Waals surface area (Å²) in [5.41, 5.74) is 1.27. The summed E-state index contributed by atoms with van der Waals surface area (Å²) in [5.74, 6) is -0.592. The van der Waals surface area contributed by atoms with Crippen molar-refractivity contribution in [3.05, 3.63) is 46.1 Å². The van der Waals surface area contributed by atoms with Gasteiger partial charge in [-0.05, 0) is 18.6 Å². The second-order valence-electron chi connectivity index (χ2n) is 4.64. The second-order valence-corrected chi connectivity index (χ2v) is 5.04. The molecule has 0 spiro atoms. The summed E-state index contributed by atoms with van der Waals surface area (Å²) in [4.78, 5) is 24.0. The molecule has 1 aromatic rings. The van der Waals surface area contributed by atoms with E-state index in [9.17, 15) is 9.59 Å². The van der Waals surface area contributed by atoms with Crippen LogP contribution in [0.5, 0.6) is 0 Å². The number of nitrogens with zero attached hydrogens (tertiary/aromatic N) is 1. The van der Waals surface area contributed by atoms with Crippen LogP contribution in [-0.2, 0) is 9.53 Å². The standard InChI is InChI=1S/C15H14ClN3O3/c1-9-12(14(20)22-8-4-7-17)13(19-15(21)18-9)10-5-2-3-6-11(10)16/h2-3,5-6,13H,4,8H2,1H3,(H2,18,19,21)/t13-/m0/s1. The van der Waals surface area contributed by atoms with E-state index in [1.807, 2.05) is 6.07 Å². The summed E-state index contributed by atoms with van der Waals surface area (Å²) in [6, 6.07) is 7.72. The van der Waals surface area contributed by atoms with Crippen molar-refractivity contribution in [1.29, 1.82) is 5.26 Å². The third kappa shape index (κ3) is 3.38. The van der Waals surface area contributed by atoms with E-state index in [4.69, 9.17) is 21.6 Å². The number of hydrogen-bond donors (Lipinski definition) is 2. The maximum absolute atomic E-state index is 12.3. The molecular weight excluding hydrogens is 306 g/mol. The fourth-order valence-electron chi connectivity index (χ4n) is 2.17. The number of amides is 2. The maximum atomic E-state index is 12.3. The van der Waals surface area contributed by atoms with Gasteiger partial charge < -0.3 is 15.4 Å². The van der Waals surface area contributed by atoms with Gasteiger partial charge >= 0.3 is 12.0 Å². The fourth-order valence-corrected chi connectivity index (χ4v) is 2.42. The van der Waals surface area contributed by atoms with Crippen molar-refractivity contribution in [2.45, 2.75) is 19.4 Å². The van der Waals surface area contributed by atoms with E-state index in [0.29, 0.717) is 16.3 Å². The minimum Gasteiger partial charge on any atom is -0.461 e. The van der Waals surface area contributed by atoms with Crippen LogP contribution in [-0.4, -0.2) is 18.6 Å². The highest BCUT2D eigenvalue weighted by Crippen LogP contribution is 2.31. The molecule has 6 nitrogen and oxygen atoms in total. The molecule has 0 saturated carbocycles. The third-order valence-corrected chi connectivity index (χ3v) is 3.50. The molecule has 0 fully saturated rings. The van der Waals surface area contributed by atoms with E-state index in [1.165, 1.54) is 0 Å². The zero-order chi connectivity index (χ0) is 16.1. The van der Waals surface area contributed by atoms with Crippen LogP contribution in [0.3, 0.4) is 0 Å². The Hall–Kier alpha value is -2.52. The second kappa shape index (κ2) is 6.96. The number of nitrogens with one attached hydrogen (secondary N) is 2. The Morgan fingerprint density at radius 3 is 2.86 bits per heavy atom. The Balaban J connectivity index is 2.36. The van der Waals surface area contributed by atoms with Gasteiger partial charge in [0.2, 0.25) is 0 Å². The Bertz CT molecular complexity index is 679. The minimum absolute atomic E-state index is 0.00466. The van der Waals surface area contributed by atoms with Crippen LogP contribution < -0.4 is 10.6 Å². The summed E-state index contributed by atoms with van der Waals surface area (Å²) in [6.45, 7) is 1.61. The molecule has 7 heteroatoms. The van der Waals surface area contributed by atoms with Gasteiger partial charge in [0.1, 0.15) is 6.61 Å². The van der Waals surface area contributed by atoms with Gasteiger partial charge in [0.25, 0.3) is 0 Å². The first-order valence-electron chi connectivity index (χ1n) is 6.61. The molecule has 0 saturated heterocycles. The third-order valence-electron chi connectivity index (χ3n) is 3.15. The van der Waals surface area contributed by atoms with Crippen LogP contribution in [0.4, 0.5) is 4.79 Å². The SMILES string of the molecule is CC1=C(C(=O)OCCC#N)[C@H](c2ccccc2Cl)NC(=O)N1. The molecule has 1 atom stereocenters. The number of allylic oxidation sites excluding steroid dienone is 1. The van der Waals surface area contributed by atoms with Gasteiger partial charge in [-0.3, -0.25) is 0 Å². The topological polar surface area (TPSA) is 91.2 Å². The van der Waals surface area contributed by atoms with Crippen LogP contribution in [0, 0.1) is 11.3 Å². The van der Waals surface area contributed by atoms with Crippen molar-refractivity contribution < 1.29 is 14.3 Å². The van der Waals surface area contributed by atoms with Crippen LogP contribution in [0.25, 0.3) is 0 Å². The molecule has 0 aliphatic carbocycles. The highest BCUT2D eigenvalue weighted by atomic mass is 35.5. The van der Waals surface area contributed by atoms with E-state index in [0.717, 1.165) is 0 Å². The Morgan fingerprint density at radius 1 is 1.45 bits per heavy atom. The molecule has 1 aromatic carbocycles. The van der Waals surface area contributed by atoms with Gasteiger partial charge in [-0.2, -0.15) is 5.26 Å². The molecular formula is C15H14ClN3O3. The zero-order valence-electron chi connectivity index (χ0n) is 11.9.